The van der Waals surface area contributed by atoms with Gasteiger partial charge in [-0.3, -0.25) is 4.98 Å². The third-order valence-corrected chi connectivity index (χ3v) is 5.02. The molecule has 0 saturated carbocycles. The molecule has 0 spiro atoms. The molecule has 4 heteroatoms. The van der Waals surface area contributed by atoms with Crippen LogP contribution in [0.25, 0.3) is 22.0 Å². The quantitative estimate of drug-likeness (QED) is 0.442. The molecule has 0 aliphatic rings. The van der Waals surface area contributed by atoms with Gasteiger partial charge in [0.2, 0.25) is 0 Å². The average Bonchev–Trinajstić information content (AvgIpc) is 2.73. The Morgan fingerprint density at radius 3 is 2.42 bits per heavy atom. The zero-order valence-electron chi connectivity index (χ0n) is 14.3. The van der Waals surface area contributed by atoms with Gasteiger partial charge in [-0.25, -0.2) is 0 Å². The van der Waals surface area contributed by atoms with Crippen molar-refractivity contribution in [2.75, 3.05) is 11.8 Å². The molecule has 1 heterocycles. The van der Waals surface area contributed by atoms with Crippen LogP contribution in [-0.4, -0.2) is 12.1 Å². The van der Waals surface area contributed by atoms with E-state index in [0.717, 1.165) is 27.2 Å². The van der Waals surface area contributed by atoms with E-state index in [9.17, 15) is 0 Å². The highest BCUT2D eigenvalue weighted by Gasteiger charge is 2.09. The van der Waals surface area contributed by atoms with E-state index >= 15 is 0 Å². The van der Waals surface area contributed by atoms with Crippen LogP contribution in [0.5, 0.6) is 5.75 Å². The van der Waals surface area contributed by atoms with Crippen molar-refractivity contribution in [1.29, 1.82) is 0 Å². The third-order valence-electron chi connectivity index (χ3n) is 4.19. The fourth-order valence-electron chi connectivity index (χ4n) is 2.88. The van der Waals surface area contributed by atoms with Crippen LogP contribution in [0.15, 0.2) is 90.0 Å². The smallest absolute Gasteiger partial charge is 0.118 e. The van der Waals surface area contributed by atoms with E-state index in [0.29, 0.717) is 0 Å². The molecule has 3 nitrogen and oxygen atoms in total. The summed E-state index contributed by atoms with van der Waals surface area (Å²) in [5, 5.41) is 1.14. The van der Waals surface area contributed by atoms with E-state index in [1.165, 1.54) is 11.1 Å². The number of benzene rings is 3. The Morgan fingerprint density at radius 2 is 1.65 bits per heavy atom. The van der Waals surface area contributed by atoms with Crippen LogP contribution >= 0.6 is 11.9 Å². The first-order valence-electron chi connectivity index (χ1n) is 8.35. The topological polar surface area (TPSA) is 34.1 Å². The molecule has 0 aliphatic carbocycles. The highest BCUT2D eigenvalue weighted by Crippen LogP contribution is 2.34. The molecule has 0 aliphatic heterocycles. The van der Waals surface area contributed by atoms with E-state index in [1.54, 1.807) is 19.1 Å². The first kappa shape index (κ1) is 16.5. The monoisotopic (exact) mass is 358 g/mol. The summed E-state index contributed by atoms with van der Waals surface area (Å²) in [6.45, 7) is 0. The first-order chi connectivity index (χ1) is 12.8. The fourth-order valence-corrected chi connectivity index (χ4v) is 3.55. The van der Waals surface area contributed by atoms with Crippen LogP contribution in [0.2, 0.25) is 0 Å². The SMILES string of the molecule is COc1ccc(SNc2ccc(-c3ccccc3)c3cccnc23)cc1. The van der Waals surface area contributed by atoms with Gasteiger partial charge in [0.25, 0.3) is 0 Å². The lowest BCUT2D eigenvalue weighted by atomic mass is 10.00. The van der Waals surface area contributed by atoms with Crippen LogP contribution in [-0.2, 0) is 0 Å². The maximum absolute atomic E-state index is 5.21. The first-order valence-corrected chi connectivity index (χ1v) is 9.17. The van der Waals surface area contributed by atoms with E-state index < -0.39 is 0 Å². The molecule has 3 aromatic carbocycles. The number of rotatable bonds is 5. The van der Waals surface area contributed by atoms with Crippen LogP contribution < -0.4 is 9.46 Å². The average molecular weight is 358 g/mol. The van der Waals surface area contributed by atoms with Crippen molar-refractivity contribution in [3.05, 3.63) is 85.1 Å². The molecule has 0 radical (unpaired) electrons. The van der Waals surface area contributed by atoms with Crippen LogP contribution in [0, 0.1) is 0 Å². The number of anilines is 1. The van der Waals surface area contributed by atoms with Crippen molar-refractivity contribution in [2.45, 2.75) is 4.90 Å². The van der Waals surface area contributed by atoms with Gasteiger partial charge in [-0.05, 0) is 59.5 Å². The number of hydrogen-bond acceptors (Lipinski definition) is 4. The second-order valence-electron chi connectivity index (χ2n) is 5.81. The zero-order valence-corrected chi connectivity index (χ0v) is 15.2. The number of pyridine rings is 1. The van der Waals surface area contributed by atoms with Crippen LogP contribution in [0.3, 0.4) is 0 Å². The number of methoxy groups -OCH3 is 1. The molecule has 1 aromatic heterocycles. The minimum absolute atomic E-state index is 0.855. The predicted molar refractivity (Wildman–Crippen MR) is 110 cm³/mol. The summed E-state index contributed by atoms with van der Waals surface area (Å²) in [5.41, 5.74) is 4.35. The van der Waals surface area contributed by atoms with E-state index in [2.05, 4.69) is 52.2 Å². The summed E-state index contributed by atoms with van der Waals surface area (Å²) < 4.78 is 8.64. The fraction of sp³-hybridized carbons (Fsp3) is 0.0455. The Balaban J connectivity index is 1.66. The minimum Gasteiger partial charge on any atom is -0.497 e. The highest BCUT2D eigenvalue weighted by molar-refractivity contribution is 8.00. The summed E-state index contributed by atoms with van der Waals surface area (Å²) >= 11 is 1.56. The normalized spacial score (nSPS) is 10.7. The van der Waals surface area contributed by atoms with Crippen molar-refractivity contribution in [3.8, 4) is 16.9 Å². The van der Waals surface area contributed by atoms with E-state index in [4.69, 9.17) is 4.74 Å². The Morgan fingerprint density at radius 1 is 0.846 bits per heavy atom. The highest BCUT2D eigenvalue weighted by atomic mass is 32.2. The number of ether oxygens (including phenoxy) is 1. The molecule has 4 aromatic rings. The van der Waals surface area contributed by atoms with Crippen molar-refractivity contribution in [3.63, 3.8) is 0 Å². The van der Waals surface area contributed by atoms with Crippen molar-refractivity contribution in [2.24, 2.45) is 0 Å². The number of fused-ring (bicyclic) bond motifs is 1. The molecule has 0 amide bonds. The number of aromatic nitrogens is 1. The molecule has 0 atom stereocenters. The third kappa shape index (κ3) is 3.37. The van der Waals surface area contributed by atoms with Gasteiger partial charge in [-0.2, -0.15) is 0 Å². The summed E-state index contributed by atoms with van der Waals surface area (Å²) in [5.74, 6) is 0.855. The maximum atomic E-state index is 5.21. The number of hydrogen-bond donors (Lipinski definition) is 1. The van der Waals surface area contributed by atoms with Crippen molar-refractivity contribution >= 4 is 28.5 Å². The second kappa shape index (κ2) is 7.50. The summed E-state index contributed by atoms with van der Waals surface area (Å²) in [6, 6.07) is 26.7. The standard InChI is InChI=1S/C22H18N2OS/c1-25-17-9-11-18(12-10-17)26-24-21-14-13-19(16-6-3-2-4-7-16)20-8-5-15-23-22(20)21/h2-15,24H,1H3. The molecule has 26 heavy (non-hydrogen) atoms. The number of nitrogens with zero attached hydrogens (tertiary/aromatic N) is 1. The second-order valence-corrected chi connectivity index (χ2v) is 6.69. The Labute approximate surface area is 157 Å². The van der Waals surface area contributed by atoms with Crippen molar-refractivity contribution in [1.82, 2.24) is 4.98 Å². The molecule has 128 valence electrons. The predicted octanol–water partition coefficient (Wildman–Crippen LogP) is 6.03. The van der Waals surface area contributed by atoms with Gasteiger partial charge < -0.3 is 9.46 Å². The largest absolute Gasteiger partial charge is 0.497 e. The Kier molecular flexibility index (Phi) is 4.75. The lowest BCUT2D eigenvalue weighted by Gasteiger charge is -2.12. The summed E-state index contributed by atoms with van der Waals surface area (Å²) in [6.07, 6.45) is 1.83. The molecular formula is C22H18N2OS. The zero-order chi connectivity index (χ0) is 17.8. The summed E-state index contributed by atoms with van der Waals surface area (Å²) in [7, 11) is 1.67. The Hall–Kier alpha value is -2.98. The molecule has 0 unspecified atom stereocenters. The van der Waals surface area contributed by atoms with Gasteiger partial charge in [-0.1, -0.05) is 42.5 Å². The van der Waals surface area contributed by atoms with Gasteiger partial charge >= 0.3 is 0 Å². The minimum atomic E-state index is 0.855. The van der Waals surface area contributed by atoms with Gasteiger partial charge in [-0.15, -0.1) is 0 Å². The van der Waals surface area contributed by atoms with E-state index in [-0.39, 0.29) is 0 Å². The van der Waals surface area contributed by atoms with Crippen LogP contribution in [0.1, 0.15) is 0 Å². The Bertz CT molecular complexity index is 1020. The molecule has 1 N–H and O–H groups in total. The molecular weight excluding hydrogens is 340 g/mol. The lowest BCUT2D eigenvalue weighted by Crippen LogP contribution is -1.92. The van der Waals surface area contributed by atoms with Gasteiger partial charge in [0.15, 0.2) is 0 Å². The molecule has 0 saturated heterocycles. The molecule has 0 fully saturated rings. The van der Waals surface area contributed by atoms with E-state index in [1.807, 2.05) is 42.6 Å². The molecule has 4 rings (SSSR count). The van der Waals surface area contributed by atoms with Gasteiger partial charge in [0.1, 0.15) is 5.75 Å². The lowest BCUT2D eigenvalue weighted by molar-refractivity contribution is 0.414. The summed E-state index contributed by atoms with van der Waals surface area (Å²) in [4.78, 5) is 5.72. The maximum Gasteiger partial charge on any atom is 0.118 e. The van der Waals surface area contributed by atoms with Crippen LogP contribution in [0.4, 0.5) is 5.69 Å². The van der Waals surface area contributed by atoms with Gasteiger partial charge in [0, 0.05) is 16.5 Å². The molecule has 0 bridgehead atoms. The van der Waals surface area contributed by atoms with Crippen molar-refractivity contribution < 1.29 is 4.74 Å². The van der Waals surface area contributed by atoms with Gasteiger partial charge in [0.05, 0.1) is 18.3 Å². The number of nitrogens with one attached hydrogen (secondary N) is 1.